The second-order valence-electron chi connectivity index (χ2n) is 8.65. The highest BCUT2D eigenvalue weighted by Crippen LogP contribution is 2.35. The van der Waals surface area contributed by atoms with Crippen molar-refractivity contribution in [2.45, 2.75) is 31.8 Å². The summed E-state index contributed by atoms with van der Waals surface area (Å²) in [6.07, 6.45) is 0.661. The maximum absolute atomic E-state index is 13.3. The molecule has 9 heteroatoms. The van der Waals surface area contributed by atoms with Crippen LogP contribution in [-0.2, 0) is 16.1 Å². The number of anilines is 2. The molecule has 1 heterocycles. The zero-order valence-corrected chi connectivity index (χ0v) is 21.3. The first kappa shape index (κ1) is 25.5. The molecule has 4 N–H and O–H groups in total. The number of rotatable bonds is 6. The van der Waals surface area contributed by atoms with Crippen molar-refractivity contribution < 1.29 is 9.59 Å². The molecule has 3 aromatic carbocycles. The number of carbonyl (C=O) groups excluding carboxylic acids is 2. The Labute approximate surface area is 220 Å². The van der Waals surface area contributed by atoms with Crippen LogP contribution in [0.25, 0.3) is 0 Å². The van der Waals surface area contributed by atoms with Gasteiger partial charge in [-0.25, -0.2) is 4.99 Å². The van der Waals surface area contributed by atoms with Gasteiger partial charge in [-0.05, 0) is 41.8 Å². The Hall–Kier alpha value is -3.55. The zero-order valence-electron chi connectivity index (χ0n) is 19.7. The average molecular weight is 524 g/mol. The summed E-state index contributed by atoms with van der Waals surface area (Å²) in [5.41, 5.74) is 9.28. The van der Waals surface area contributed by atoms with E-state index in [2.05, 4.69) is 32.7 Å². The number of nitrogens with one attached hydrogen (secondary N) is 2. The number of hydrogen-bond donors (Lipinski definition) is 3. The van der Waals surface area contributed by atoms with Gasteiger partial charge in [0.25, 0.3) is 0 Å². The van der Waals surface area contributed by atoms with Crippen molar-refractivity contribution in [2.75, 3.05) is 16.8 Å². The second kappa shape index (κ2) is 11.5. The maximum atomic E-state index is 13.3. The summed E-state index contributed by atoms with van der Waals surface area (Å²) in [5, 5.41) is 5.94. The van der Waals surface area contributed by atoms with Gasteiger partial charge in [-0.1, -0.05) is 71.7 Å². The summed E-state index contributed by atoms with van der Waals surface area (Å²) in [7, 11) is 0. The van der Waals surface area contributed by atoms with Crippen LogP contribution in [0.15, 0.2) is 77.8 Å². The Balaban J connectivity index is 1.47. The van der Waals surface area contributed by atoms with Gasteiger partial charge in [0, 0.05) is 25.1 Å². The first-order valence-corrected chi connectivity index (χ1v) is 12.3. The fraction of sp³-hybridized carbons (Fsp3) is 0.222. The van der Waals surface area contributed by atoms with Gasteiger partial charge >= 0.3 is 0 Å². The Morgan fingerprint density at radius 3 is 2.25 bits per heavy atom. The molecule has 1 aliphatic heterocycles. The van der Waals surface area contributed by atoms with E-state index in [0.29, 0.717) is 27.7 Å². The Kier molecular flexibility index (Phi) is 8.13. The van der Waals surface area contributed by atoms with E-state index in [1.54, 1.807) is 12.1 Å². The van der Waals surface area contributed by atoms with E-state index in [9.17, 15) is 9.59 Å². The molecule has 0 saturated carbocycles. The molecule has 2 amide bonds. The molecule has 7 nitrogen and oxygen atoms in total. The lowest BCUT2D eigenvalue weighted by atomic mass is 9.96. The van der Waals surface area contributed by atoms with Crippen molar-refractivity contribution in [3.8, 4) is 0 Å². The fourth-order valence-electron chi connectivity index (χ4n) is 4.39. The van der Waals surface area contributed by atoms with Crippen molar-refractivity contribution in [2.24, 2.45) is 10.7 Å². The monoisotopic (exact) mass is 523 g/mol. The number of guanidine groups is 1. The van der Waals surface area contributed by atoms with Crippen LogP contribution in [0.1, 0.15) is 30.4 Å². The van der Waals surface area contributed by atoms with Crippen LogP contribution in [0.3, 0.4) is 0 Å². The third kappa shape index (κ3) is 6.17. The number of para-hydroxylation sites is 1. The van der Waals surface area contributed by atoms with E-state index in [1.807, 2.05) is 48.5 Å². The number of nitrogens with zero attached hydrogens (tertiary/aromatic N) is 2. The normalized spacial score (nSPS) is 17.6. The highest BCUT2D eigenvalue weighted by molar-refractivity contribution is 6.39. The van der Waals surface area contributed by atoms with Crippen molar-refractivity contribution in [3.63, 3.8) is 0 Å². The molecule has 1 fully saturated rings. The number of hydrogen-bond acceptors (Lipinski definition) is 4. The van der Waals surface area contributed by atoms with Crippen molar-refractivity contribution >= 4 is 52.4 Å². The van der Waals surface area contributed by atoms with Crippen molar-refractivity contribution in [1.29, 1.82) is 0 Å². The molecule has 1 aliphatic rings. The molecule has 186 valence electrons. The van der Waals surface area contributed by atoms with Crippen molar-refractivity contribution in [3.05, 3.63) is 94.0 Å². The molecule has 0 bridgehead atoms. The summed E-state index contributed by atoms with van der Waals surface area (Å²) in [6, 6.07) is 23.0. The number of carbonyl (C=O) groups is 2. The minimum atomic E-state index is -0.396. The molecular weight excluding hydrogens is 497 g/mol. The predicted octanol–water partition coefficient (Wildman–Crippen LogP) is 4.95. The van der Waals surface area contributed by atoms with Crippen LogP contribution in [0.4, 0.5) is 11.4 Å². The lowest BCUT2D eigenvalue weighted by Crippen LogP contribution is -2.48. The Morgan fingerprint density at radius 2 is 1.64 bits per heavy atom. The van der Waals surface area contributed by atoms with Gasteiger partial charge < -0.3 is 16.0 Å². The number of amides is 2. The summed E-state index contributed by atoms with van der Waals surface area (Å²) in [4.78, 5) is 31.0. The second-order valence-corrected chi connectivity index (χ2v) is 9.47. The lowest BCUT2D eigenvalue weighted by Gasteiger charge is -2.25. The van der Waals surface area contributed by atoms with Crippen LogP contribution < -0.4 is 21.3 Å². The quantitative estimate of drug-likeness (QED) is 0.314. The molecule has 0 radical (unpaired) electrons. The first-order valence-electron chi connectivity index (χ1n) is 11.5. The van der Waals surface area contributed by atoms with E-state index >= 15 is 0 Å². The molecule has 0 aromatic heterocycles. The molecule has 3 aromatic rings. The van der Waals surface area contributed by atoms with Crippen LogP contribution in [0.5, 0.6) is 0 Å². The van der Waals surface area contributed by atoms with Crippen LogP contribution in [-0.4, -0.2) is 30.4 Å². The lowest BCUT2D eigenvalue weighted by molar-refractivity contribution is -0.120. The molecule has 4 rings (SSSR count). The summed E-state index contributed by atoms with van der Waals surface area (Å²) in [5.74, 6) is -0.265. The van der Waals surface area contributed by atoms with Gasteiger partial charge in [0.1, 0.15) is 6.04 Å². The van der Waals surface area contributed by atoms with E-state index in [1.165, 1.54) is 12.5 Å². The molecule has 0 unspecified atom stereocenters. The van der Waals surface area contributed by atoms with Crippen LogP contribution in [0.2, 0.25) is 10.0 Å². The number of aliphatic imine (C=N–C) groups is 1. The largest absolute Gasteiger partial charge is 0.370 e. The summed E-state index contributed by atoms with van der Waals surface area (Å²) in [6.45, 7) is 2.26. The third-order valence-electron chi connectivity index (χ3n) is 6.05. The van der Waals surface area contributed by atoms with Gasteiger partial charge in [0.2, 0.25) is 11.8 Å². The van der Waals surface area contributed by atoms with Crippen LogP contribution >= 0.6 is 23.2 Å². The number of halogens is 2. The molecule has 0 aliphatic carbocycles. The summed E-state index contributed by atoms with van der Waals surface area (Å²) < 4.78 is 0. The maximum Gasteiger partial charge on any atom is 0.249 e. The summed E-state index contributed by atoms with van der Waals surface area (Å²) >= 11 is 12.5. The van der Waals surface area contributed by atoms with Crippen molar-refractivity contribution in [1.82, 2.24) is 5.32 Å². The SMILES string of the molecule is CC(=O)Nc1c(Cl)cc(CN=C(N)NC(=O)[C@@H]2C[C@H](c3ccccc3)CN2c2ccccc2)cc1Cl. The van der Waals surface area contributed by atoms with E-state index in [0.717, 1.165) is 12.2 Å². The fourth-order valence-corrected chi connectivity index (χ4v) is 5.02. The standard InChI is InChI=1S/C27H27Cl2N5O2/c1-17(35)32-25-22(28)12-18(13-23(25)29)15-31-27(30)33-26(36)24-14-20(19-8-4-2-5-9-19)16-34(24)21-10-6-3-7-11-21/h2-13,20,24H,14-16H2,1H3,(H,32,35)(H3,30,31,33,36)/t20-,24-/m0/s1. The predicted molar refractivity (Wildman–Crippen MR) is 146 cm³/mol. The first-order chi connectivity index (χ1) is 17.3. The average Bonchev–Trinajstić information content (AvgIpc) is 3.32. The van der Waals surface area contributed by atoms with E-state index < -0.39 is 6.04 Å². The minimum absolute atomic E-state index is 0.00866. The molecule has 2 atom stereocenters. The van der Waals surface area contributed by atoms with Crippen LogP contribution in [0, 0.1) is 0 Å². The van der Waals surface area contributed by atoms with Gasteiger partial charge in [-0.2, -0.15) is 0 Å². The van der Waals surface area contributed by atoms with Gasteiger partial charge in [0.15, 0.2) is 5.96 Å². The Morgan fingerprint density at radius 1 is 1.03 bits per heavy atom. The molecule has 36 heavy (non-hydrogen) atoms. The zero-order chi connectivity index (χ0) is 25.7. The highest BCUT2D eigenvalue weighted by atomic mass is 35.5. The van der Waals surface area contributed by atoms with Gasteiger partial charge in [0.05, 0.1) is 22.3 Å². The van der Waals surface area contributed by atoms with E-state index in [-0.39, 0.29) is 30.2 Å². The molecule has 0 spiro atoms. The topological polar surface area (TPSA) is 99.8 Å². The van der Waals surface area contributed by atoms with Gasteiger partial charge in [-0.15, -0.1) is 0 Å². The number of nitrogens with two attached hydrogens (primary N) is 1. The molecular formula is C27H27Cl2N5O2. The number of benzene rings is 3. The third-order valence-corrected chi connectivity index (χ3v) is 6.64. The van der Waals surface area contributed by atoms with Gasteiger partial charge in [-0.3, -0.25) is 14.9 Å². The van der Waals surface area contributed by atoms with E-state index in [4.69, 9.17) is 28.9 Å². The smallest absolute Gasteiger partial charge is 0.249 e. The minimum Gasteiger partial charge on any atom is -0.370 e. The highest BCUT2D eigenvalue weighted by Gasteiger charge is 2.37. The Bertz CT molecular complexity index is 1240. The molecule has 1 saturated heterocycles.